The first-order chi connectivity index (χ1) is 15.2. The Labute approximate surface area is 182 Å². The number of fused-ring (bicyclic) bond motifs is 1. The third kappa shape index (κ3) is 4.14. The number of nitro groups is 1. The minimum absolute atomic E-state index is 0.209. The predicted molar refractivity (Wildman–Crippen MR) is 119 cm³/mol. The Morgan fingerprint density at radius 2 is 1.84 bits per heavy atom. The summed E-state index contributed by atoms with van der Waals surface area (Å²) in [5.74, 6) is -0.379. The number of H-pyrrole nitrogens is 1. The molecule has 4 aromatic rings. The summed E-state index contributed by atoms with van der Waals surface area (Å²) >= 11 is 0. The lowest BCUT2D eigenvalue weighted by Crippen LogP contribution is -2.14. The van der Waals surface area contributed by atoms with E-state index in [1.54, 1.807) is 18.3 Å². The molecule has 0 bridgehead atoms. The molecule has 0 saturated carbocycles. The summed E-state index contributed by atoms with van der Waals surface area (Å²) in [7, 11) is -4.05. The van der Waals surface area contributed by atoms with Crippen LogP contribution in [0, 0.1) is 17.0 Å². The van der Waals surface area contributed by atoms with Crippen molar-refractivity contribution in [3.63, 3.8) is 0 Å². The van der Waals surface area contributed by atoms with E-state index in [0.717, 1.165) is 11.5 Å². The Morgan fingerprint density at radius 1 is 1.09 bits per heavy atom. The lowest BCUT2D eigenvalue weighted by molar-refractivity contribution is -0.385. The number of aromatic nitrogens is 2. The highest BCUT2D eigenvalue weighted by atomic mass is 32.2. The zero-order chi connectivity index (χ0) is 22.9. The van der Waals surface area contributed by atoms with Crippen LogP contribution in [0.3, 0.4) is 0 Å². The Bertz CT molecular complexity index is 1450. The van der Waals surface area contributed by atoms with Gasteiger partial charge in [-0.2, -0.15) is 5.10 Å². The number of anilines is 2. The van der Waals surface area contributed by atoms with Crippen molar-refractivity contribution in [3.05, 3.63) is 88.1 Å². The third-order valence-corrected chi connectivity index (χ3v) is 6.19. The number of carbonyl (C=O) groups excluding carboxylic acids is 1. The van der Waals surface area contributed by atoms with Crippen molar-refractivity contribution in [1.82, 2.24) is 10.2 Å². The molecule has 0 aliphatic rings. The molecular formula is C21H17N5O5S. The number of hydrogen-bond acceptors (Lipinski definition) is 6. The quantitative estimate of drug-likeness (QED) is 0.300. The number of sulfonamides is 1. The van der Waals surface area contributed by atoms with Gasteiger partial charge < -0.3 is 5.32 Å². The van der Waals surface area contributed by atoms with Gasteiger partial charge in [-0.1, -0.05) is 18.2 Å². The molecule has 0 unspecified atom stereocenters. The van der Waals surface area contributed by atoms with Gasteiger partial charge in [0.15, 0.2) is 0 Å². The normalized spacial score (nSPS) is 11.3. The fourth-order valence-corrected chi connectivity index (χ4v) is 4.20. The number of rotatable bonds is 6. The van der Waals surface area contributed by atoms with Gasteiger partial charge in [0.25, 0.3) is 21.6 Å². The zero-order valence-corrected chi connectivity index (χ0v) is 17.5. The van der Waals surface area contributed by atoms with Gasteiger partial charge >= 0.3 is 0 Å². The highest BCUT2D eigenvalue weighted by Crippen LogP contribution is 2.25. The topological polar surface area (TPSA) is 147 Å². The van der Waals surface area contributed by atoms with Crippen LogP contribution in [0.25, 0.3) is 10.9 Å². The van der Waals surface area contributed by atoms with Gasteiger partial charge in [-0.15, -0.1) is 0 Å². The molecule has 10 nitrogen and oxygen atoms in total. The van der Waals surface area contributed by atoms with Crippen molar-refractivity contribution in [2.75, 3.05) is 10.0 Å². The van der Waals surface area contributed by atoms with E-state index in [4.69, 9.17) is 0 Å². The fourth-order valence-electron chi connectivity index (χ4n) is 3.12. The van der Waals surface area contributed by atoms with Crippen molar-refractivity contribution >= 4 is 43.9 Å². The van der Waals surface area contributed by atoms with Gasteiger partial charge in [0.2, 0.25) is 0 Å². The Hall–Kier alpha value is -4.25. The number of aryl methyl sites for hydroxylation is 1. The maximum absolute atomic E-state index is 12.6. The van der Waals surface area contributed by atoms with Crippen molar-refractivity contribution < 1.29 is 18.1 Å². The maximum atomic E-state index is 12.6. The second-order valence-electron chi connectivity index (χ2n) is 6.98. The van der Waals surface area contributed by atoms with Crippen LogP contribution in [0.1, 0.15) is 15.9 Å². The predicted octanol–water partition coefficient (Wildman–Crippen LogP) is 3.83. The molecule has 0 aliphatic heterocycles. The van der Waals surface area contributed by atoms with Crippen LogP contribution in [0.2, 0.25) is 0 Å². The van der Waals surface area contributed by atoms with Gasteiger partial charge in [0, 0.05) is 28.3 Å². The zero-order valence-electron chi connectivity index (χ0n) is 16.7. The van der Waals surface area contributed by atoms with E-state index in [0.29, 0.717) is 22.3 Å². The molecule has 162 valence electrons. The van der Waals surface area contributed by atoms with Crippen molar-refractivity contribution in [2.45, 2.75) is 11.8 Å². The number of nitrogens with zero attached hydrogens (tertiary/aromatic N) is 2. The molecule has 32 heavy (non-hydrogen) atoms. The smallest absolute Gasteiger partial charge is 0.273 e. The third-order valence-electron chi connectivity index (χ3n) is 4.81. The Morgan fingerprint density at radius 3 is 2.56 bits per heavy atom. The lowest BCUT2D eigenvalue weighted by Gasteiger charge is -2.10. The van der Waals surface area contributed by atoms with Gasteiger partial charge in [-0.3, -0.25) is 24.7 Å². The number of nitro benzene ring substituents is 1. The number of para-hydroxylation sites is 1. The van der Waals surface area contributed by atoms with E-state index in [9.17, 15) is 23.3 Å². The first kappa shape index (κ1) is 21.0. The molecule has 1 heterocycles. The first-order valence-electron chi connectivity index (χ1n) is 9.36. The van der Waals surface area contributed by atoms with E-state index >= 15 is 0 Å². The minimum atomic E-state index is -4.05. The lowest BCUT2D eigenvalue weighted by atomic mass is 10.2. The second-order valence-corrected chi connectivity index (χ2v) is 8.66. The van der Waals surface area contributed by atoms with Crippen LogP contribution in [-0.2, 0) is 10.0 Å². The largest absolute Gasteiger partial charge is 0.320 e. The molecule has 0 fully saturated rings. The number of carbonyl (C=O) groups is 1. The average Bonchev–Trinajstić information content (AvgIpc) is 3.24. The average molecular weight is 451 g/mol. The molecule has 0 aliphatic carbocycles. The summed E-state index contributed by atoms with van der Waals surface area (Å²) in [6.07, 6.45) is 1.65. The van der Waals surface area contributed by atoms with Crippen LogP contribution in [0.15, 0.2) is 71.8 Å². The molecular weight excluding hydrogens is 434 g/mol. The van der Waals surface area contributed by atoms with Crippen molar-refractivity contribution in [2.24, 2.45) is 0 Å². The number of benzene rings is 3. The molecule has 0 radical (unpaired) electrons. The number of amides is 1. The number of aromatic amines is 1. The van der Waals surface area contributed by atoms with Crippen molar-refractivity contribution in [3.8, 4) is 0 Å². The number of hydrogen-bond donors (Lipinski definition) is 3. The molecule has 4 rings (SSSR count). The molecule has 3 N–H and O–H groups in total. The van der Waals surface area contributed by atoms with Crippen LogP contribution < -0.4 is 10.0 Å². The first-order valence-corrected chi connectivity index (χ1v) is 10.8. The number of nitrogens with one attached hydrogen (secondary N) is 3. The van der Waals surface area contributed by atoms with Crippen LogP contribution in [0.4, 0.5) is 17.1 Å². The summed E-state index contributed by atoms with van der Waals surface area (Å²) in [5.41, 5.74) is 1.85. The summed E-state index contributed by atoms with van der Waals surface area (Å²) in [6, 6.07) is 14.9. The fraction of sp³-hybridized carbons (Fsp3) is 0.0476. The van der Waals surface area contributed by atoms with Gasteiger partial charge in [0.05, 0.1) is 27.2 Å². The summed E-state index contributed by atoms with van der Waals surface area (Å²) in [6.45, 7) is 1.53. The standard InChI is InChI=1S/C21H17N5O5S/c1-13-5-10-17(11-19(13)26(28)29)32(30,31)25-16-8-6-14(7-9-16)21(27)23-18-4-2-3-15-12-22-24-20(15)18/h2-12,25H,1H3,(H,22,24)(H,23,27). The molecule has 1 amide bonds. The molecule has 1 aromatic heterocycles. The minimum Gasteiger partial charge on any atom is -0.320 e. The van der Waals surface area contributed by atoms with E-state index < -0.39 is 14.9 Å². The highest BCUT2D eigenvalue weighted by Gasteiger charge is 2.20. The molecule has 11 heteroatoms. The van der Waals surface area contributed by atoms with E-state index in [1.165, 1.54) is 43.3 Å². The monoisotopic (exact) mass is 451 g/mol. The Balaban J connectivity index is 1.51. The van der Waals surface area contributed by atoms with Gasteiger partial charge in [-0.25, -0.2) is 8.42 Å². The highest BCUT2D eigenvalue weighted by molar-refractivity contribution is 7.92. The molecule has 3 aromatic carbocycles. The van der Waals surface area contributed by atoms with Gasteiger partial charge in [0.1, 0.15) is 0 Å². The molecule has 0 spiro atoms. The summed E-state index contributed by atoms with van der Waals surface area (Å²) in [5, 5.41) is 21.5. The van der Waals surface area contributed by atoms with Crippen molar-refractivity contribution in [1.29, 1.82) is 0 Å². The molecule has 0 saturated heterocycles. The van der Waals surface area contributed by atoms with E-state index in [2.05, 4.69) is 20.2 Å². The van der Waals surface area contributed by atoms with Crippen LogP contribution in [0.5, 0.6) is 0 Å². The Kier molecular flexibility index (Phi) is 5.33. The van der Waals surface area contributed by atoms with E-state index in [1.807, 2.05) is 6.07 Å². The van der Waals surface area contributed by atoms with E-state index in [-0.39, 0.29) is 22.2 Å². The molecule has 0 atom stereocenters. The maximum Gasteiger partial charge on any atom is 0.273 e. The summed E-state index contributed by atoms with van der Waals surface area (Å²) < 4.78 is 27.6. The second kappa shape index (κ2) is 8.12. The van der Waals surface area contributed by atoms with Gasteiger partial charge in [-0.05, 0) is 43.3 Å². The van der Waals surface area contributed by atoms with Crippen LogP contribution >= 0.6 is 0 Å². The van der Waals surface area contributed by atoms with Crippen LogP contribution in [-0.4, -0.2) is 29.4 Å². The SMILES string of the molecule is Cc1ccc(S(=O)(=O)Nc2ccc(C(=O)Nc3cccc4cn[nH]c34)cc2)cc1[N+](=O)[O-]. The summed E-state index contributed by atoms with van der Waals surface area (Å²) in [4.78, 5) is 22.8.